The molecule has 1 aliphatic rings. The predicted molar refractivity (Wildman–Crippen MR) is 60.2 cm³/mol. The standard InChI is InChI=1S/C13H19N/c1-11-3-5-13(6-4-11)10-14-8-7-12(2)9-14/h3-6,12H,7-10H2,1-2H3/t12-/m1/s1. The van der Waals surface area contributed by atoms with Gasteiger partial charge in [0.25, 0.3) is 0 Å². The van der Waals surface area contributed by atoms with Crippen LogP contribution < -0.4 is 0 Å². The second-order valence-corrected chi connectivity index (χ2v) is 4.61. The van der Waals surface area contributed by atoms with Crippen LogP contribution in [0.25, 0.3) is 0 Å². The molecule has 1 fully saturated rings. The zero-order valence-electron chi connectivity index (χ0n) is 9.16. The Labute approximate surface area is 86.7 Å². The molecule has 2 rings (SSSR count). The lowest BCUT2D eigenvalue weighted by Gasteiger charge is -2.15. The van der Waals surface area contributed by atoms with Crippen LogP contribution in [0.4, 0.5) is 0 Å². The number of likely N-dealkylation sites (tertiary alicyclic amines) is 1. The highest BCUT2D eigenvalue weighted by Crippen LogP contribution is 2.17. The lowest BCUT2D eigenvalue weighted by Crippen LogP contribution is -2.19. The van der Waals surface area contributed by atoms with E-state index in [0.717, 1.165) is 12.5 Å². The van der Waals surface area contributed by atoms with E-state index in [4.69, 9.17) is 0 Å². The fourth-order valence-electron chi connectivity index (χ4n) is 2.12. The van der Waals surface area contributed by atoms with Gasteiger partial charge in [0.1, 0.15) is 0 Å². The summed E-state index contributed by atoms with van der Waals surface area (Å²) in [6.45, 7) is 8.16. The minimum absolute atomic E-state index is 0.889. The molecule has 1 aromatic rings. The molecule has 14 heavy (non-hydrogen) atoms. The van der Waals surface area contributed by atoms with Gasteiger partial charge in [-0.3, -0.25) is 4.90 Å². The van der Waals surface area contributed by atoms with Crippen LogP contribution in [0.15, 0.2) is 24.3 Å². The minimum Gasteiger partial charge on any atom is -0.299 e. The first-order valence-electron chi connectivity index (χ1n) is 5.52. The highest BCUT2D eigenvalue weighted by Gasteiger charge is 2.17. The summed E-state index contributed by atoms with van der Waals surface area (Å²) in [5, 5.41) is 0. The smallest absolute Gasteiger partial charge is 0.0233 e. The van der Waals surface area contributed by atoms with Gasteiger partial charge in [-0.1, -0.05) is 36.8 Å². The van der Waals surface area contributed by atoms with Crippen LogP contribution >= 0.6 is 0 Å². The van der Waals surface area contributed by atoms with Gasteiger partial charge < -0.3 is 0 Å². The number of aryl methyl sites for hydroxylation is 1. The topological polar surface area (TPSA) is 3.24 Å². The molecule has 1 nitrogen and oxygen atoms in total. The van der Waals surface area contributed by atoms with Crippen LogP contribution in [-0.2, 0) is 6.54 Å². The maximum absolute atomic E-state index is 2.55. The molecule has 0 saturated carbocycles. The van der Waals surface area contributed by atoms with E-state index in [0.29, 0.717) is 0 Å². The molecule has 0 aromatic heterocycles. The Kier molecular flexibility index (Phi) is 2.87. The summed E-state index contributed by atoms with van der Waals surface area (Å²) in [5.74, 6) is 0.889. The summed E-state index contributed by atoms with van der Waals surface area (Å²) >= 11 is 0. The van der Waals surface area contributed by atoms with Crippen molar-refractivity contribution in [2.75, 3.05) is 13.1 Å². The Morgan fingerprint density at radius 1 is 1.29 bits per heavy atom. The zero-order valence-corrected chi connectivity index (χ0v) is 9.16. The van der Waals surface area contributed by atoms with Gasteiger partial charge in [-0.05, 0) is 31.4 Å². The maximum Gasteiger partial charge on any atom is 0.0233 e. The van der Waals surface area contributed by atoms with Gasteiger partial charge in [0.05, 0.1) is 0 Å². The van der Waals surface area contributed by atoms with Crippen molar-refractivity contribution in [3.63, 3.8) is 0 Å². The van der Waals surface area contributed by atoms with Crippen molar-refractivity contribution in [2.45, 2.75) is 26.8 Å². The van der Waals surface area contributed by atoms with Gasteiger partial charge in [-0.25, -0.2) is 0 Å². The second kappa shape index (κ2) is 4.14. The molecule has 0 amide bonds. The van der Waals surface area contributed by atoms with E-state index < -0.39 is 0 Å². The number of hydrogen-bond donors (Lipinski definition) is 0. The summed E-state index contributed by atoms with van der Waals surface area (Å²) in [4.78, 5) is 2.55. The molecule has 0 aliphatic carbocycles. The Morgan fingerprint density at radius 3 is 2.57 bits per heavy atom. The highest BCUT2D eigenvalue weighted by molar-refractivity contribution is 5.21. The van der Waals surface area contributed by atoms with Gasteiger partial charge in [-0.2, -0.15) is 0 Å². The summed E-state index contributed by atoms with van der Waals surface area (Å²) in [7, 11) is 0. The lowest BCUT2D eigenvalue weighted by atomic mass is 10.1. The average molecular weight is 189 g/mol. The molecule has 0 bridgehead atoms. The van der Waals surface area contributed by atoms with Crippen LogP contribution in [0, 0.1) is 12.8 Å². The van der Waals surface area contributed by atoms with Crippen LogP contribution in [0.3, 0.4) is 0 Å². The zero-order chi connectivity index (χ0) is 9.97. The first-order chi connectivity index (χ1) is 6.74. The maximum atomic E-state index is 2.55. The highest BCUT2D eigenvalue weighted by atomic mass is 15.1. The molecule has 1 atom stereocenters. The predicted octanol–water partition coefficient (Wildman–Crippen LogP) is 2.84. The molecule has 0 unspecified atom stereocenters. The van der Waals surface area contributed by atoms with Gasteiger partial charge >= 0.3 is 0 Å². The van der Waals surface area contributed by atoms with E-state index in [-0.39, 0.29) is 0 Å². The lowest BCUT2D eigenvalue weighted by molar-refractivity contribution is 0.320. The molecule has 1 aliphatic heterocycles. The van der Waals surface area contributed by atoms with E-state index in [2.05, 4.69) is 43.0 Å². The summed E-state index contributed by atoms with van der Waals surface area (Å²) in [6, 6.07) is 8.90. The Morgan fingerprint density at radius 2 is 2.00 bits per heavy atom. The molecule has 0 radical (unpaired) electrons. The first-order valence-corrected chi connectivity index (χ1v) is 5.52. The normalized spacial score (nSPS) is 22.9. The quantitative estimate of drug-likeness (QED) is 0.691. The molecule has 1 saturated heterocycles. The Balaban J connectivity index is 1.94. The number of rotatable bonds is 2. The fraction of sp³-hybridized carbons (Fsp3) is 0.538. The molecular formula is C13H19N. The van der Waals surface area contributed by atoms with Gasteiger partial charge in [0, 0.05) is 13.1 Å². The first kappa shape index (κ1) is 9.72. The van der Waals surface area contributed by atoms with Crippen molar-refractivity contribution in [1.29, 1.82) is 0 Å². The SMILES string of the molecule is Cc1ccc(CN2CC[C@@H](C)C2)cc1. The Hall–Kier alpha value is -0.820. The third-order valence-electron chi connectivity index (χ3n) is 3.03. The third kappa shape index (κ3) is 2.36. The van der Waals surface area contributed by atoms with Gasteiger partial charge in [-0.15, -0.1) is 0 Å². The Bertz CT molecular complexity index is 289. The van der Waals surface area contributed by atoms with Crippen molar-refractivity contribution >= 4 is 0 Å². The van der Waals surface area contributed by atoms with Crippen molar-refractivity contribution in [1.82, 2.24) is 4.90 Å². The van der Waals surface area contributed by atoms with Crippen LogP contribution in [0.5, 0.6) is 0 Å². The number of hydrogen-bond acceptors (Lipinski definition) is 1. The summed E-state index contributed by atoms with van der Waals surface area (Å²) in [6.07, 6.45) is 1.37. The largest absolute Gasteiger partial charge is 0.299 e. The van der Waals surface area contributed by atoms with E-state index in [1.54, 1.807) is 0 Å². The van der Waals surface area contributed by atoms with E-state index >= 15 is 0 Å². The molecule has 76 valence electrons. The molecule has 1 heterocycles. The molecule has 1 heteroatoms. The molecular weight excluding hydrogens is 170 g/mol. The minimum atomic E-state index is 0.889. The number of nitrogens with zero attached hydrogens (tertiary/aromatic N) is 1. The molecule has 0 spiro atoms. The number of benzene rings is 1. The van der Waals surface area contributed by atoms with Crippen molar-refractivity contribution in [3.05, 3.63) is 35.4 Å². The van der Waals surface area contributed by atoms with E-state index in [1.165, 1.54) is 30.6 Å². The van der Waals surface area contributed by atoms with Crippen LogP contribution in [0.1, 0.15) is 24.5 Å². The van der Waals surface area contributed by atoms with Crippen molar-refractivity contribution < 1.29 is 0 Å². The third-order valence-corrected chi connectivity index (χ3v) is 3.03. The fourth-order valence-corrected chi connectivity index (χ4v) is 2.12. The van der Waals surface area contributed by atoms with Gasteiger partial charge in [0.2, 0.25) is 0 Å². The van der Waals surface area contributed by atoms with Crippen molar-refractivity contribution in [2.24, 2.45) is 5.92 Å². The van der Waals surface area contributed by atoms with Crippen molar-refractivity contribution in [3.8, 4) is 0 Å². The van der Waals surface area contributed by atoms with E-state index in [1.807, 2.05) is 0 Å². The van der Waals surface area contributed by atoms with Crippen LogP contribution in [-0.4, -0.2) is 18.0 Å². The van der Waals surface area contributed by atoms with Gasteiger partial charge in [0.15, 0.2) is 0 Å². The van der Waals surface area contributed by atoms with E-state index in [9.17, 15) is 0 Å². The second-order valence-electron chi connectivity index (χ2n) is 4.61. The summed E-state index contributed by atoms with van der Waals surface area (Å²) in [5.41, 5.74) is 2.80. The molecule has 1 aromatic carbocycles. The monoisotopic (exact) mass is 189 g/mol. The average Bonchev–Trinajstić information content (AvgIpc) is 2.56. The van der Waals surface area contributed by atoms with Crippen LogP contribution in [0.2, 0.25) is 0 Å². The summed E-state index contributed by atoms with van der Waals surface area (Å²) < 4.78 is 0. The molecule has 0 N–H and O–H groups in total.